The van der Waals surface area contributed by atoms with Crippen molar-refractivity contribution in [3.8, 4) is 17.2 Å². The van der Waals surface area contributed by atoms with Crippen LogP contribution in [0, 0.1) is 20.8 Å². The van der Waals surface area contributed by atoms with Gasteiger partial charge in [-0.2, -0.15) is 0 Å². The maximum Gasteiger partial charge on any atom is 0.118 e. The van der Waals surface area contributed by atoms with E-state index >= 15 is 0 Å². The van der Waals surface area contributed by atoms with Gasteiger partial charge in [-0.3, -0.25) is 0 Å². The highest BCUT2D eigenvalue weighted by molar-refractivity contribution is 5.52. The van der Waals surface area contributed by atoms with Crippen LogP contribution in [0.15, 0.2) is 54.6 Å². The van der Waals surface area contributed by atoms with E-state index in [2.05, 4.69) is 0 Å². The number of phenols is 3. The van der Waals surface area contributed by atoms with Crippen LogP contribution in [-0.2, 0) is 0 Å². The Bertz CT molecular complexity index is 877. The lowest BCUT2D eigenvalue weighted by Crippen LogP contribution is -2.06. The summed E-state index contributed by atoms with van der Waals surface area (Å²) in [7, 11) is 0. The minimum Gasteiger partial charge on any atom is -0.508 e. The molecule has 0 radical (unpaired) electrons. The van der Waals surface area contributed by atoms with Gasteiger partial charge in [0.1, 0.15) is 17.2 Å². The molecule has 3 heteroatoms. The number of aryl methyl sites for hydroxylation is 3. The van der Waals surface area contributed by atoms with E-state index in [1.807, 2.05) is 51.1 Å². The van der Waals surface area contributed by atoms with E-state index < -0.39 is 0 Å². The predicted molar refractivity (Wildman–Crippen MR) is 99.5 cm³/mol. The Balaban J connectivity index is 2.25. The zero-order valence-electron chi connectivity index (χ0n) is 14.6. The van der Waals surface area contributed by atoms with Crippen molar-refractivity contribution >= 4 is 0 Å². The SMILES string of the molecule is Cc1cc(C(c2ccc(O)c(C)c2)c2cc(O)ccc2C)ccc1O. The molecule has 0 aliphatic rings. The standard InChI is InChI=1S/C22H22O3/c1-13-4-7-18(23)12-19(13)22(16-5-8-20(24)14(2)10-16)17-6-9-21(25)15(3)11-17/h4-12,22-25H,1-3H3. The summed E-state index contributed by atoms with van der Waals surface area (Å²) in [5.74, 6) is 0.635. The van der Waals surface area contributed by atoms with Gasteiger partial charge in [0, 0.05) is 5.92 Å². The Morgan fingerprint density at radius 2 is 1.12 bits per heavy atom. The van der Waals surface area contributed by atoms with E-state index in [1.165, 1.54) is 0 Å². The molecule has 25 heavy (non-hydrogen) atoms. The van der Waals surface area contributed by atoms with Crippen molar-refractivity contribution in [3.63, 3.8) is 0 Å². The molecule has 0 spiro atoms. The number of rotatable bonds is 3. The van der Waals surface area contributed by atoms with Crippen molar-refractivity contribution in [1.29, 1.82) is 0 Å². The van der Waals surface area contributed by atoms with Gasteiger partial charge in [0.2, 0.25) is 0 Å². The van der Waals surface area contributed by atoms with Crippen LogP contribution in [-0.4, -0.2) is 15.3 Å². The molecular weight excluding hydrogens is 312 g/mol. The molecule has 0 saturated carbocycles. The second kappa shape index (κ2) is 6.52. The largest absolute Gasteiger partial charge is 0.508 e. The molecule has 3 N–H and O–H groups in total. The second-order valence-corrected chi connectivity index (χ2v) is 6.57. The van der Waals surface area contributed by atoms with Crippen molar-refractivity contribution in [2.75, 3.05) is 0 Å². The Morgan fingerprint density at radius 3 is 1.60 bits per heavy atom. The average Bonchev–Trinajstić information content (AvgIpc) is 2.57. The van der Waals surface area contributed by atoms with Crippen LogP contribution in [0.4, 0.5) is 0 Å². The first kappa shape index (κ1) is 16.9. The number of hydrogen-bond donors (Lipinski definition) is 3. The minimum atomic E-state index is -0.106. The van der Waals surface area contributed by atoms with Gasteiger partial charge in [-0.15, -0.1) is 0 Å². The fraction of sp³-hybridized carbons (Fsp3) is 0.182. The molecule has 0 heterocycles. The predicted octanol–water partition coefficient (Wildman–Crippen LogP) is 4.91. The zero-order chi connectivity index (χ0) is 18.1. The van der Waals surface area contributed by atoms with Crippen molar-refractivity contribution in [2.24, 2.45) is 0 Å². The summed E-state index contributed by atoms with van der Waals surface area (Å²) in [6.45, 7) is 5.75. The van der Waals surface area contributed by atoms with E-state index in [0.717, 1.165) is 33.4 Å². The molecule has 0 fully saturated rings. The summed E-state index contributed by atoms with van der Waals surface area (Å²) in [5, 5.41) is 29.7. The molecule has 128 valence electrons. The summed E-state index contributed by atoms with van der Waals surface area (Å²) < 4.78 is 0. The number of hydrogen-bond acceptors (Lipinski definition) is 3. The maximum atomic E-state index is 10.00. The Labute approximate surface area is 147 Å². The normalized spacial score (nSPS) is 11.0. The van der Waals surface area contributed by atoms with Crippen molar-refractivity contribution in [1.82, 2.24) is 0 Å². The fourth-order valence-corrected chi connectivity index (χ4v) is 3.21. The topological polar surface area (TPSA) is 60.7 Å². The molecule has 3 aromatic rings. The molecule has 3 nitrogen and oxygen atoms in total. The van der Waals surface area contributed by atoms with Gasteiger partial charge in [0.25, 0.3) is 0 Å². The van der Waals surface area contributed by atoms with Crippen LogP contribution in [0.5, 0.6) is 17.2 Å². The summed E-state index contributed by atoms with van der Waals surface area (Å²) in [5.41, 5.74) is 5.71. The first-order valence-electron chi connectivity index (χ1n) is 8.25. The summed E-state index contributed by atoms with van der Waals surface area (Å²) in [4.78, 5) is 0. The third-order valence-electron chi connectivity index (χ3n) is 4.68. The van der Waals surface area contributed by atoms with E-state index in [4.69, 9.17) is 0 Å². The quantitative estimate of drug-likeness (QED) is 0.597. The van der Waals surface area contributed by atoms with Crippen molar-refractivity contribution < 1.29 is 15.3 Å². The molecule has 0 bridgehead atoms. The molecule has 3 aromatic carbocycles. The van der Waals surface area contributed by atoms with Gasteiger partial charge < -0.3 is 15.3 Å². The Hall–Kier alpha value is -2.94. The average molecular weight is 334 g/mol. The van der Waals surface area contributed by atoms with Crippen LogP contribution in [0.25, 0.3) is 0 Å². The van der Waals surface area contributed by atoms with Gasteiger partial charge >= 0.3 is 0 Å². The lowest BCUT2D eigenvalue weighted by molar-refractivity contribution is 0.470. The summed E-state index contributed by atoms with van der Waals surface area (Å²) in [6, 6.07) is 16.5. The Morgan fingerprint density at radius 1 is 0.600 bits per heavy atom. The van der Waals surface area contributed by atoms with Gasteiger partial charge in [0.05, 0.1) is 0 Å². The molecule has 0 aliphatic heterocycles. The number of benzene rings is 3. The van der Waals surface area contributed by atoms with E-state index in [-0.39, 0.29) is 23.2 Å². The van der Waals surface area contributed by atoms with E-state index in [0.29, 0.717) is 0 Å². The molecular formula is C22H22O3. The zero-order valence-corrected chi connectivity index (χ0v) is 14.6. The highest BCUT2D eigenvalue weighted by atomic mass is 16.3. The van der Waals surface area contributed by atoms with E-state index in [1.54, 1.807) is 24.3 Å². The molecule has 0 aliphatic carbocycles. The number of phenolic OH excluding ortho intramolecular Hbond substituents is 3. The van der Waals surface area contributed by atoms with Crippen LogP contribution >= 0.6 is 0 Å². The molecule has 0 saturated heterocycles. The highest BCUT2D eigenvalue weighted by Gasteiger charge is 2.20. The van der Waals surface area contributed by atoms with Gasteiger partial charge in [-0.1, -0.05) is 30.3 Å². The first-order chi connectivity index (χ1) is 11.9. The summed E-state index contributed by atoms with van der Waals surface area (Å²) in [6.07, 6.45) is 0. The van der Waals surface area contributed by atoms with E-state index in [9.17, 15) is 15.3 Å². The van der Waals surface area contributed by atoms with Gasteiger partial charge in [-0.05, 0) is 78.4 Å². The Kier molecular flexibility index (Phi) is 4.41. The molecule has 0 aromatic heterocycles. The van der Waals surface area contributed by atoms with Crippen molar-refractivity contribution in [2.45, 2.75) is 26.7 Å². The fourth-order valence-electron chi connectivity index (χ4n) is 3.21. The lowest BCUT2D eigenvalue weighted by Gasteiger charge is -2.22. The van der Waals surface area contributed by atoms with Crippen LogP contribution in [0.2, 0.25) is 0 Å². The smallest absolute Gasteiger partial charge is 0.118 e. The highest BCUT2D eigenvalue weighted by Crippen LogP contribution is 2.38. The van der Waals surface area contributed by atoms with Gasteiger partial charge in [0.15, 0.2) is 0 Å². The minimum absolute atomic E-state index is 0.106. The molecule has 3 rings (SSSR count). The van der Waals surface area contributed by atoms with Gasteiger partial charge in [-0.25, -0.2) is 0 Å². The van der Waals surface area contributed by atoms with Crippen LogP contribution < -0.4 is 0 Å². The number of aromatic hydroxyl groups is 3. The van der Waals surface area contributed by atoms with Crippen LogP contribution in [0.1, 0.15) is 39.3 Å². The van der Waals surface area contributed by atoms with Crippen LogP contribution in [0.3, 0.4) is 0 Å². The lowest BCUT2D eigenvalue weighted by atomic mass is 9.82. The maximum absolute atomic E-state index is 10.00. The first-order valence-corrected chi connectivity index (χ1v) is 8.25. The summed E-state index contributed by atoms with van der Waals surface area (Å²) >= 11 is 0. The molecule has 0 atom stereocenters. The van der Waals surface area contributed by atoms with Crippen molar-refractivity contribution in [3.05, 3.63) is 88.0 Å². The monoisotopic (exact) mass is 334 g/mol. The molecule has 0 amide bonds. The molecule has 0 unspecified atom stereocenters. The third kappa shape index (κ3) is 3.31. The second-order valence-electron chi connectivity index (χ2n) is 6.57. The third-order valence-corrected chi connectivity index (χ3v) is 4.68.